The van der Waals surface area contributed by atoms with Crippen LogP contribution < -0.4 is 0 Å². The van der Waals surface area contributed by atoms with Gasteiger partial charge in [0.05, 0.1) is 26.7 Å². The maximum Gasteiger partial charge on any atom is 0.416 e. The molecule has 5 nitrogen and oxygen atoms in total. The minimum Gasteiger partial charge on any atom is -0.396 e. The summed E-state index contributed by atoms with van der Waals surface area (Å²) in [6.45, 7) is -0.138. The zero-order valence-electron chi connectivity index (χ0n) is 34.2. The number of aliphatic hydroxyl groups is 1. The van der Waals surface area contributed by atoms with Crippen LogP contribution in [0.25, 0.3) is 0 Å². The Labute approximate surface area is 369 Å². The van der Waals surface area contributed by atoms with Crippen LogP contribution in [0.5, 0.6) is 0 Å². The summed E-state index contributed by atoms with van der Waals surface area (Å²) in [5.74, 6) is -0.801. The number of aliphatic hydroxyl groups excluding tert-OH is 1. The highest BCUT2D eigenvalue weighted by molar-refractivity contribution is 7.92. The fraction of sp³-hybridized carbons (Fsp3) is 0.176. The number of rotatable bonds is 11. The van der Waals surface area contributed by atoms with Gasteiger partial charge in [-0.15, -0.1) is 0 Å². The monoisotopic (exact) mass is 914 g/mol. The van der Waals surface area contributed by atoms with E-state index in [9.17, 15) is 43.2 Å². The van der Waals surface area contributed by atoms with E-state index in [-0.39, 0.29) is 30.1 Å². The first-order chi connectivity index (χ1) is 30.5. The number of hydrogen-bond acceptors (Lipinski definition) is 5. The van der Waals surface area contributed by atoms with E-state index in [0.29, 0.717) is 21.6 Å². The van der Waals surface area contributed by atoms with Crippen LogP contribution in [0.15, 0.2) is 210 Å². The second-order valence-electron chi connectivity index (χ2n) is 15.1. The van der Waals surface area contributed by atoms with Crippen LogP contribution >= 0.6 is 0 Å². The van der Waals surface area contributed by atoms with Crippen LogP contribution in [0.1, 0.15) is 44.9 Å². The molecule has 1 aliphatic rings. The van der Waals surface area contributed by atoms with Gasteiger partial charge in [-0.3, -0.25) is 0 Å². The lowest BCUT2D eigenvalue weighted by atomic mass is 10.0. The summed E-state index contributed by atoms with van der Waals surface area (Å²) in [6, 6.07) is 54.6. The van der Waals surface area contributed by atoms with Crippen molar-refractivity contribution in [3.63, 3.8) is 0 Å². The van der Waals surface area contributed by atoms with E-state index in [1.54, 1.807) is 78.9 Å². The molecule has 0 bridgehead atoms. The average Bonchev–Trinajstić information content (AvgIpc) is 3.97. The fourth-order valence-electron chi connectivity index (χ4n) is 7.92. The highest BCUT2D eigenvalue weighted by Crippen LogP contribution is 2.71. The Morgan fingerprint density at radius 3 is 1.41 bits per heavy atom. The van der Waals surface area contributed by atoms with Crippen LogP contribution in [0.2, 0.25) is 0 Å². The fourth-order valence-corrected chi connectivity index (χ4v) is 11.8. The number of benzene rings is 7. The summed E-state index contributed by atoms with van der Waals surface area (Å²) >= 11 is 0. The van der Waals surface area contributed by atoms with Crippen LogP contribution in [0.4, 0.5) is 26.3 Å². The first-order valence-corrected chi connectivity index (χ1v) is 23.3. The van der Waals surface area contributed by atoms with Gasteiger partial charge in [0.1, 0.15) is 4.75 Å². The van der Waals surface area contributed by atoms with Gasteiger partial charge in [0.15, 0.2) is 19.7 Å². The highest BCUT2D eigenvalue weighted by atomic mass is 32.2. The largest absolute Gasteiger partial charge is 0.416 e. The molecule has 13 heteroatoms. The van der Waals surface area contributed by atoms with E-state index >= 15 is 0 Å². The molecule has 0 unspecified atom stereocenters. The van der Waals surface area contributed by atoms with Crippen molar-refractivity contribution in [2.24, 2.45) is 5.92 Å². The minimum atomic E-state index is -4.47. The average molecular weight is 915 g/mol. The summed E-state index contributed by atoms with van der Waals surface area (Å²) in [5, 5.41) is 8.53. The van der Waals surface area contributed by atoms with Crippen molar-refractivity contribution in [3.8, 4) is 0 Å². The number of halogens is 6. The molecule has 0 radical (unpaired) electrons. The van der Waals surface area contributed by atoms with Gasteiger partial charge in [-0.05, 0) is 83.0 Å². The van der Waals surface area contributed by atoms with Gasteiger partial charge in [-0.1, -0.05) is 164 Å². The Kier molecular flexibility index (Phi) is 15.0. The number of sulfone groups is 2. The standard InChI is InChI=1S/C29H23F3O2S.C13H12O2S.C9H9F3O/c30-29(31,32)24-16-10-11-21(19-24)20-26-27(22-12-4-1-5-13-22)28(26,23-14-6-2-7-15-23)35(33,34)25-17-8-3-9-18-25;14-16(15,13-9-5-2-6-10-13)11-12-7-3-1-4-8-12;10-9(11,12)8-3-1-2-7(6-8)4-5-13/h1-19,26-27H,20H2;1-10H,11H2;1-3,6,13H,4-5H2/t26-,27+,28+;;/m1../s1. The summed E-state index contributed by atoms with van der Waals surface area (Å²) in [7, 11) is -7.12. The Morgan fingerprint density at radius 2 is 0.906 bits per heavy atom. The van der Waals surface area contributed by atoms with Gasteiger partial charge >= 0.3 is 12.4 Å². The van der Waals surface area contributed by atoms with Crippen molar-refractivity contribution in [2.45, 2.75) is 51.4 Å². The Bertz CT molecular complexity index is 2790. The van der Waals surface area contributed by atoms with Gasteiger partial charge in [0.25, 0.3) is 0 Å². The van der Waals surface area contributed by atoms with E-state index < -0.39 is 59.7 Å². The van der Waals surface area contributed by atoms with Crippen molar-refractivity contribution in [3.05, 3.63) is 239 Å². The van der Waals surface area contributed by atoms with Crippen molar-refractivity contribution >= 4 is 19.7 Å². The van der Waals surface area contributed by atoms with Gasteiger partial charge < -0.3 is 5.11 Å². The van der Waals surface area contributed by atoms with Gasteiger partial charge in [-0.25, -0.2) is 16.8 Å². The Balaban J connectivity index is 0.000000193. The van der Waals surface area contributed by atoms with Gasteiger partial charge in [0, 0.05) is 12.5 Å². The Morgan fingerprint density at radius 1 is 0.484 bits per heavy atom. The van der Waals surface area contributed by atoms with Crippen LogP contribution in [0, 0.1) is 5.92 Å². The molecule has 1 fully saturated rings. The zero-order chi connectivity index (χ0) is 46.0. The van der Waals surface area contributed by atoms with Crippen LogP contribution in [-0.4, -0.2) is 28.5 Å². The van der Waals surface area contributed by atoms with Crippen molar-refractivity contribution in [1.82, 2.24) is 0 Å². The highest BCUT2D eigenvalue weighted by Gasteiger charge is 2.73. The van der Waals surface area contributed by atoms with Gasteiger partial charge in [0.2, 0.25) is 0 Å². The molecule has 1 N–H and O–H groups in total. The van der Waals surface area contributed by atoms with E-state index in [4.69, 9.17) is 5.11 Å². The molecule has 0 amide bonds. The predicted octanol–water partition coefficient (Wildman–Crippen LogP) is 11.9. The molecule has 64 heavy (non-hydrogen) atoms. The zero-order valence-corrected chi connectivity index (χ0v) is 35.8. The Hall–Kier alpha value is -6.02. The van der Waals surface area contributed by atoms with Crippen molar-refractivity contribution in [2.75, 3.05) is 6.61 Å². The molecule has 332 valence electrons. The SMILES string of the molecule is O=S(=O)(Cc1ccccc1)c1ccccc1.O=S(=O)(c1ccccc1)[C@@]1(c2ccccc2)[C@H](Cc2cccc(C(F)(F)F)c2)[C@@H]1c1ccccc1.OCCc1cccc(C(F)(F)F)c1. The molecule has 7 aromatic rings. The molecule has 7 aromatic carbocycles. The normalized spacial score (nSPS) is 17.2. The van der Waals surface area contributed by atoms with Crippen molar-refractivity contribution < 1.29 is 48.3 Å². The second-order valence-corrected chi connectivity index (χ2v) is 19.2. The lowest BCUT2D eigenvalue weighted by Gasteiger charge is -2.21. The second kappa shape index (κ2) is 20.2. The summed E-state index contributed by atoms with van der Waals surface area (Å²) in [5.41, 5.74) is 1.87. The molecule has 0 saturated heterocycles. The minimum absolute atomic E-state index is 0.0534. The smallest absolute Gasteiger partial charge is 0.396 e. The first-order valence-electron chi connectivity index (χ1n) is 20.1. The molecule has 3 atom stereocenters. The molecular weight excluding hydrogens is 871 g/mol. The van der Waals surface area contributed by atoms with Gasteiger partial charge in [-0.2, -0.15) is 26.3 Å². The molecule has 1 saturated carbocycles. The molecule has 1 aliphatic carbocycles. The van der Waals surface area contributed by atoms with Crippen LogP contribution in [-0.2, 0) is 55.4 Å². The quantitative estimate of drug-likeness (QED) is 0.131. The predicted molar refractivity (Wildman–Crippen MR) is 236 cm³/mol. The molecule has 0 spiro atoms. The summed E-state index contributed by atoms with van der Waals surface area (Å²) in [6.07, 6.45) is -8.31. The molecular formula is C51H44F6O5S2. The molecule has 0 heterocycles. The summed E-state index contributed by atoms with van der Waals surface area (Å²) < 4.78 is 128. The van der Waals surface area contributed by atoms with E-state index in [2.05, 4.69) is 0 Å². The van der Waals surface area contributed by atoms with E-state index in [0.717, 1.165) is 35.4 Å². The third kappa shape index (κ3) is 11.2. The molecule has 0 aliphatic heterocycles. The lowest BCUT2D eigenvalue weighted by Crippen LogP contribution is -2.26. The third-order valence-corrected chi connectivity index (χ3v) is 15.1. The lowest BCUT2D eigenvalue weighted by molar-refractivity contribution is -0.138. The van der Waals surface area contributed by atoms with E-state index in [1.165, 1.54) is 12.1 Å². The summed E-state index contributed by atoms with van der Waals surface area (Å²) in [4.78, 5) is 0.579. The van der Waals surface area contributed by atoms with Crippen LogP contribution in [0.3, 0.4) is 0 Å². The number of alkyl halides is 6. The topological polar surface area (TPSA) is 88.5 Å². The van der Waals surface area contributed by atoms with Crippen molar-refractivity contribution in [1.29, 1.82) is 0 Å². The number of hydrogen-bond donors (Lipinski definition) is 1. The first kappa shape index (κ1) is 47.5. The molecule has 0 aromatic heterocycles. The molecule has 8 rings (SSSR count). The maximum atomic E-state index is 14.3. The maximum absolute atomic E-state index is 14.3. The van der Waals surface area contributed by atoms with E-state index in [1.807, 2.05) is 84.9 Å². The third-order valence-electron chi connectivity index (χ3n) is 10.9.